The molecule has 0 radical (unpaired) electrons. The van der Waals surface area contributed by atoms with Crippen LogP contribution in [0.15, 0.2) is 113 Å². The molecule has 0 aromatic heterocycles. The summed E-state index contributed by atoms with van der Waals surface area (Å²) in [5.41, 5.74) is 6.19. The molecule has 4 aromatic carbocycles. The van der Waals surface area contributed by atoms with Crippen molar-refractivity contribution in [1.29, 1.82) is 0 Å². The third-order valence-corrected chi connectivity index (χ3v) is 7.10. The zero-order valence-corrected chi connectivity index (χ0v) is 20.0. The van der Waals surface area contributed by atoms with Crippen LogP contribution in [0.1, 0.15) is 23.6 Å². The SMILES string of the molecule is COc1ccc(C2CC(c3ccc(-c4ccccc4)cc3)=NN2c2ccc(S(N)(=O)=O)cc2)cc1. The van der Waals surface area contributed by atoms with Crippen LogP contribution in [-0.4, -0.2) is 21.2 Å². The summed E-state index contributed by atoms with van der Waals surface area (Å²) in [7, 11) is -2.12. The van der Waals surface area contributed by atoms with Gasteiger partial charge in [-0.1, -0.05) is 66.7 Å². The third-order valence-electron chi connectivity index (χ3n) is 6.17. The standard InChI is InChI=1S/C28H25N3O3S/c1-34-25-15-11-23(12-16-25)28-19-27(22-9-7-21(8-10-22)20-5-3-2-4-6-20)30-31(28)24-13-17-26(18-14-24)35(29,32)33/h2-18,28H,19H2,1H3,(H2,29,32,33). The van der Waals surface area contributed by atoms with Crippen LogP contribution in [-0.2, 0) is 10.0 Å². The normalized spacial score (nSPS) is 15.7. The van der Waals surface area contributed by atoms with E-state index in [-0.39, 0.29) is 10.9 Å². The number of benzene rings is 4. The van der Waals surface area contributed by atoms with E-state index in [2.05, 4.69) is 36.4 Å². The number of nitrogens with zero attached hydrogens (tertiary/aromatic N) is 2. The fourth-order valence-corrected chi connectivity index (χ4v) is 4.80. The first kappa shape index (κ1) is 22.8. The van der Waals surface area contributed by atoms with Gasteiger partial charge in [-0.2, -0.15) is 5.10 Å². The van der Waals surface area contributed by atoms with E-state index < -0.39 is 10.0 Å². The van der Waals surface area contributed by atoms with Gasteiger partial charge in [-0.15, -0.1) is 0 Å². The minimum absolute atomic E-state index is 0.0509. The van der Waals surface area contributed by atoms with Crippen molar-refractivity contribution in [2.24, 2.45) is 10.2 Å². The van der Waals surface area contributed by atoms with Crippen LogP contribution in [0.2, 0.25) is 0 Å². The van der Waals surface area contributed by atoms with E-state index in [0.29, 0.717) is 6.42 Å². The summed E-state index contributed by atoms with van der Waals surface area (Å²) in [6.07, 6.45) is 0.702. The van der Waals surface area contributed by atoms with E-state index in [1.807, 2.05) is 47.5 Å². The van der Waals surface area contributed by atoms with Crippen molar-refractivity contribution < 1.29 is 13.2 Å². The molecule has 1 aliphatic rings. The maximum Gasteiger partial charge on any atom is 0.238 e. The number of rotatable bonds is 6. The quantitative estimate of drug-likeness (QED) is 0.400. The summed E-state index contributed by atoms with van der Waals surface area (Å²) in [6.45, 7) is 0. The molecule has 5 rings (SSSR count). The van der Waals surface area contributed by atoms with Gasteiger partial charge in [-0.25, -0.2) is 13.6 Å². The minimum atomic E-state index is -3.77. The number of hydrogen-bond donors (Lipinski definition) is 1. The average molecular weight is 484 g/mol. The van der Waals surface area contributed by atoms with E-state index in [4.69, 9.17) is 15.0 Å². The molecule has 1 aliphatic heterocycles. The van der Waals surface area contributed by atoms with Crippen molar-refractivity contribution in [2.75, 3.05) is 12.1 Å². The number of hydrogen-bond acceptors (Lipinski definition) is 5. The van der Waals surface area contributed by atoms with Crippen molar-refractivity contribution in [3.05, 3.63) is 114 Å². The van der Waals surface area contributed by atoms with Gasteiger partial charge in [0, 0.05) is 6.42 Å². The minimum Gasteiger partial charge on any atom is -0.497 e. The highest BCUT2D eigenvalue weighted by Gasteiger charge is 2.30. The van der Waals surface area contributed by atoms with Gasteiger partial charge >= 0.3 is 0 Å². The molecule has 0 bridgehead atoms. The van der Waals surface area contributed by atoms with Gasteiger partial charge in [-0.05, 0) is 58.7 Å². The largest absolute Gasteiger partial charge is 0.497 e. The Hall–Kier alpha value is -3.94. The molecule has 1 heterocycles. The van der Waals surface area contributed by atoms with Gasteiger partial charge in [0.25, 0.3) is 0 Å². The van der Waals surface area contributed by atoms with E-state index in [1.165, 1.54) is 17.7 Å². The Balaban J connectivity index is 1.49. The van der Waals surface area contributed by atoms with Crippen molar-refractivity contribution in [3.8, 4) is 16.9 Å². The van der Waals surface area contributed by atoms with E-state index in [1.54, 1.807) is 19.2 Å². The molecular weight excluding hydrogens is 458 g/mol. The zero-order chi connectivity index (χ0) is 24.4. The van der Waals surface area contributed by atoms with Crippen molar-refractivity contribution in [2.45, 2.75) is 17.4 Å². The van der Waals surface area contributed by atoms with E-state index in [0.717, 1.165) is 33.8 Å². The zero-order valence-electron chi connectivity index (χ0n) is 19.2. The van der Waals surface area contributed by atoms with Crippen molar-refractivity contribution >= 4 is 21.4 Å². The van der Waals surface area contributed by atoms with Crippen molar-refractivity contribution in [1.82, 2.24) is 0 Å². The molecule has 4 aromatic rings. The highest BCUT2D eigenvalue weighted by Crippen LogP contribution is 2.37. The van der Waals surface area contributed by atoms with E-state index in [9.17, 15) is 8.42 Å². The van der Waals surface area contributed by atoms with Gasteiger partial charge in [0.15, 0.2) is 0 Å². The van der Waals surface area contributed by atoms with Gasteiger partial charge in [0.05, 0.1) is 29.4 Å². The van der Waals surface area contributed by atoms with Crippen LogP contribution < -0.4 is 14.9 Å². The lowest BCUT2D eigenvalue weighted by Gasteiger charge is -2.24. The Bertz CT molecular complexity index is 1450. The van der Waals surface area contributed by atoms with Crippen LogP contribution >= 0.6 is 0 Å². The predicted octanol–water partition coefficient (Wildman–Crippen LogP) is 5.37. The second-order valence-corrected chi connectivity index (χ2v) is 9.93. The molecule has 0 fully saturated rings. The predicted molar refractivity (Wildman–Crippen MR) is 139 cm³/mol. The molecule has 1 atom stereocenters. The molecule has 7 heteroatoms. The van der Waals surface area contributed by atoms with Crippen LogP contribution in [0, 0.1) is 0 Å². The molecule has 0 spiro atoms. The number of methoxy groups -OCH3 is 1. The Kier molecular flexibility index (Phi) is 6.11. The molecule has 6 nitrogen and oxygen atoms in total. The molecule has 0 amide bonds. The first-order valence-corrected chi connectivity index (χ1v) is 12.8. The first-order valence-electron chi connectivity index (χ1n) is 11.2. The van der Waals surface area contributed by atoms with Gasteiger partial charge < -0.3 is 4.74 Å². The molecule has 1 unspecified atom stereocenters. The second-order valence-electron chi connectivity index (χ2n) is 8.37. The highest BCUT2D eigenvalue weighted by molar-refractivity contribution is 7.89. The smallest absolute Gasteiger partial charge is 0.238 e. The van der Waals surface area contributed by atoms with Gasteiger partial charge in [0.2, 0.25) is 10.0 Å². The van der Waals surface area contributed by atoms with E-state index >= 15 is 0 Å². The van der Waals surface area contributed by atoms with Crippen LogP contribution in [0.5, 0.6) is 5.75 Å². The Morgan fingerprint density at radius 3 is 2.00 bits per heavy atom. The lowest BCUT2D eigenvalue weighted by Crippen LogP contribution is -2.19. The van der Waals surface area contributed by atoms with Crippen LogP contribution in [0.25, 0.3) is 11.1 Å². The molecule has 35 heavy (non-hydrogen) atoms. The Morgan fingerprint density at radius 2 is 1.40 bits per heavy atom. The Labute approximate surface area is 205 Å². The molecular formula is C28H25N3O3S. The highest BCUT2D eigenvalue weighted by atomic mass is 32.2. The summed E-state index contributed by atoms with van der Waals surface area (Å²) in [5, 5.41) is 12.2. The topological polar surface area (TPSA) is 85.0 Å². The molecule has 2 N–H and O–H groups in total. The fraction of sp³-hybridized carbons (Fsp3) is 0.107. The molecule has 0 aliphatic carbocycles. The lowest BCUT2D eigenvalue weighted by atomic mass is 9.96. The molecule has 176 valence electrons. The molecule has 0 saturated heterocycles. The third kappa shape index (κ3) is 4.82. The first-order chi connectivity index (χ1) is 16.9. The summed E-state index contributed by atoms with van der Waals surface area (Å²) in [4.78, 5) is 0.0714. The number of sulfonamides is 1. The molecule has 0 saturated carbocycles. The number of nitrogens with two attached hydrogens (primary N) is 1. The van der Waals surface area contributed by atoms with Gasteiger partial charge in [-0.3, -0.25) is 5.01 Å². The monoisotopic (exact) mass is 483 g/mol. The fourth-order valence-electron chi connectivity index (χ4n) is 4.28. The lowest BCUT2D eigenvalue weighted by molar-refractivity contribution is 0.414. The average Bonchev–Trinajstić information content (AvgIpc) is 3.34. The summed E-state index contributed by atoms with van der Waals surface area (Å²) >= 11 is 0. The van der Waals surface area contributed by atoms with Gasteiger partial charge in [0.1, 0.15) is 5.75 Å². The summed E-state index contributed by atoms with van der Waals surface area (Å²) in [6, 6.07) is 33.1. The number of primary sulfonamides is 1. The Morgan fingerprint density at radius 1 is 0.800 bits per heavy atom. The maximum atomic E-state index is 11.7. The van der Waals surface area contributed by atoms with Crippen LogP contribution in [0.3, 0.4) is 0 Å². The summed E-state index contributed by atoms with van der Waals surface area (Å²) in [5.74, 6) is 0.786. The van der Waals surface area contributed by atoms with Crippen LogP contribution in [0.4, 0.5) is 5.69 Å². The number of ether oxygens (including phenoxy) is 1. The second kappa shape index (κ2) is 9.37. The summed E-state index contributed by atoms with van der Waals surface area (Å²) < 4.78 is 28.7. The maximum absolute atomic E-state index is 11.7. The number of hydrazone groups is 1. The van der Waals surface area contributed by atoms with Crippen molar-refractivity contribution in [3.63, 3.8) is 0 Å². The number of anilines is 1.